The molecule has 0 aliphatic heterocycles. The maximum absolute atomic E-state index is 13.6. The van der Waals surface area contributed by atoms with Crippen LogP contribution in [0.1, 0.15) is 42.6 Å². The number of carbonyl (C=O) groups is 1. The SMILES string of the molecule is CCN(CC)C(CNC(=O)CC(O)(c1nc(C)cs1)C(F)(F)F)c1ccccc1. The monoisotopic (exact) mass is 429 g/mol. The van der Waals surface area contributed by atoms with E-state index < -0.39 is 29.1 Å². The van der Waals surface area contributed by atoms with Gasteiger partial charge < -0.3 is 10.4 Å². The molecule has 2 aromatic rings. The second kappa shape index (κ2) is 9.69. The van der Waals surface area contributed by atoms with Crippen LogP contribution in [-0.2, 0) is 10.4 Å². The average molecular weight is 430 g/mol. The zero-order valence-corrected chi connectivity index (χ0v) is 17.5. The highest BCUT2D eigenvalue weighted by Gasteiger charge is 2.58. The molecular weight excluding hydrogens is 403 g/mol. The fraction of sp³-hybridized carbons (Fsp3) is 0.500. The van der Waals surface area contributed by atoms with Crippen LogP contribution in [0.5, 0.6) is 0 Å². The Balaban J connectivity index is 2.16. The van der Waals surface area contributed by atoms with Gasteiger partial charge in [0.15, 0.2) is 0 Å². The Bertz CT molecular complexity index is 794. The number of aromatic nitrogens is 1. The number of thiazole rings is 1. The molecular formula is C20H26F3N3O2S. The third kappa shape index (κ3) is 5.55. The molecule has 2 atom stereocenters. The number of amides is 1. The lowest BCUT2D eigenvalue weighted by molar-refractivity contribution is -0.267. The van der Waals surface area contributed by atoms with E-state index in [2.05, 4.69) is 15.2 Å². The third-order valence-corrected chi connectivity index (χ3v) is 5.90. The van der Waals surface area contributed by atoms with Crippen molar-refractivity contribution in [2.75, 3.05) is 19.6 Å². The number of nitrogens with one attached hydrogen (secondary N) is 1. The van der Waals surface area contributed by atoms with Gasteiger partial charge in [-0.05, 0) is 25.6 Å². The molecule has 29 heavy (non-hydrogen) atoms. The summed E-state index contributed by atoms with van der Waals surface area (Å²) in [5.74, 6) is -0.884. The number of rotatable bonds is 9. The van der Waals surface area contributed by atoms with Crippen molar-refractivity contribution < 1.29 is 23.1 Å². The van der Waals surface area contributed by atoms with E-state index in [1.165, 1.54) is 12.3 Å². The molecule has 2 N–H and O–H groups in total. The van der Waals surface area contributed by atoms with Gasteiger partial charge >= 0.3 is 6.18 Å². The molecule has 0 radical (unpaired) electrons. The van der Waals surface area contributed by atoms with E-state index in [9.17, 15) is 23.1 Å². The minimum absolute atomic E-state index is 0.134. The van der Waals surface area contributed by atoms with Crippen LogP contribution in [0.25, 0.3) is 0 Å². The van der Waals surface area contributed by atoms with Crippen LogP contribution in [0.4, 0.5) is 13.2 Å². The molecule has 160 valence electrons. The normalized spacial score (nSPS) is 15.2. The molecule has 1 heterocycles. The second-order valence-electron chi connectivity index (χ2n) is 6.78. The summed E-state index contributed by atoms with van der Waals surface area (Å²) >= 11 is 0.689. The fourth-order valence-corrected chi connectivity index (χ4v) is 4.06. The number of likely N-dealkylation sites (N-methyl/N-ethyl adjacent to an activating group) is 1. The molecule has 0 saturated heterocycles. The van der Waals surface area contributed by atoms with Gasteiger partial charge in [-0.1, -0.05) is 44.2 Å². The molecule has 1 aromatic heterocycles. The third-order valence-electron chi connectivity index (χ3n) is 4.79. The van der Waals surface area contributed by atoms with Crippen molar-refractivity contribution in [2.24, 2.45) is 0 Å². The Labute approximate surface area is 172 Å². The number of alkyl halides is 3. The molecule has 0 fully saturated rings. The first kappa shape index (κ1) is 23.3. The highest BCUT2D eigenvalue weighted by Crippen LogP contribution is 2.42. The van der Waals surface area contributed by atoms with E-state index in [4.69, 9.17) is 0 Å². The summed E-state index contributed by atoms with van der Waals surface area (Å²) in [5.41, 5.74) is -2.00. The predicted molar refractivity (Wildman–Crippen MR) is 107 cm³/mol. The Hall–Kier alpha value is -1.97. The number of aryl methyl sites for hydroxylation is 1. The first-order chi connectivity index (χ1) is 13.6. The second-order valence-corrected chi connectivity index (χ2v) is 7.64. The smallest absolute Gasteiger partial charge is 0.374 e. The number of hydrogen-bond acceptors (Lipinski definition) is 5. The van der Waals surface area contributed by atoms with E-state index in [0.29, 0.717) is 17.0 Å². The van der Waals surface area contributed by atoms with Gasteiger partial charge in [0.25, 0.3) is 0 Å². The van der Waals surface area contributed by atoms with E-state index in [1.54, 1.807) is 0 Å². The summed E-state index contributed by atoms with van der Waals surface area (Å²) in [4.78, 5) is 18.3. The van der Waals surface area contributed by atoms with E-state index in [0.717, 1.165) is 18.7 Å². The van der Waals surface area contributed by atoms with Crippen LogP contribution in [0.15, 0.2) is 35.7 Å². The van der Waals surface area contributed by atoms with Crippen molar-refractivity contribution in [3.05, 3.63) is 52.0 Å². The molecule has 0 aliphatic carbocycles. The van der Waals surface area contributed by atoms with Gasteiger partial charge in [0, 0.05) is 17.6 Å². The molecule has 2 unspecified atom stereocenters. The van der Waals surface area contributed by atoms with Gasteiger partial charge in [0.2, 0.25) is 11.5 Å². The van der Waals surface area contributed by atoms with Crippen molar-refractivity contribution >= 4 is 17.2 Å². The summed E-state index contributed by atoms with van der Waals surface area (Å²) in [6, 6.07) is 9.28. The number of carbonyl (C=O) groups excluding carboxylic acids is 1. The standard InChI is InChI=1S/C20H26F3N3O2S/c1-4-26(5-2)16(15-9-7-6-8-10-15)12-24-17(27)11-19(28,20(21,22)23)18-25-14(3)13-29-18/h6-10,13,16,28H,4-5,11-12H2,1-3H3,(H,24,27). The molecule has 9 heteroatoms. The number of benzene rings is 1. The van der Waals surface area contributed by atoms with Gasteiger partial charge in [-0.3, -0.25) is 9.69 Å². The van der Waals surface area contributed by atoms with Crippen molar-refractivity contribution in [3.63, 3.8) is 0 Å². The van der Waals surface area contributed by atoms with Crippen molar-refractivity contribution in [3.8, 4) is 0 Å². The molecule has 5 nitrogen and oxygen atoms in total. The zero-order valence-electron chi connectivity index (χ0n) is 16.7. The fourth-order valence-electron chi connectivity index (χ4n) is 3.14. The number of hydrogen-bond donors (Lipinski definition) is 2. The Morgan fingerprint density at radius 2 is 1.86 bits per heavy atom. The lowest BCUT2D eigenvalue weighted by atomic mass is 9.99. The molecule has 0 bridgehead atoms. The largest absolute Gasteiger partial charge is 0.424 e. The quantitative estimate of drug-likeness (QED) is 0.637. The van der Waals surface area contributed by atoms with Gasteiger partial charge in [-0.2, -0.15) is 13.2 Å². The predicted octanol–water partition coefficient (Wildman–Crippen LogP) is 3.79. The van der Waals surface area contributed by atoms with Crippen molar-refractivity contribution in [1.82, 2.24) is 15.2 Å². The highest BCUT2D eigenvalue weighted by atomic mass is 32.1. The van der Waals surface area contributed by atoms with Crippen LogP contribution in [-0.4, -0.2) is 46.7 Å². The van der Waals surface area contributed by atoms with E-state index >= 15 is 0 Å². The van der Waals surface area contributed by atoms with Crippen LogP contribution in [0.2, 0.25) is 0 Å². The first-order valence-electron chi connectivity index (χ1n) is 9.39. The van der Waals surface area contributed by atoms with Crippen LogP contribution in [0, 0.1) is 6.92 Å². The number of nitrogens with zero attached hydrogens (tertiary/aromatic N) is 2. The van der Waals surface area contributed by atoms with Crippen molar-refractivity contribution in [1.29, 1.82) is 0 Å². The molecule has 1 aromatic carbocycles. The maximum Gasteiger partial charge on any atom is 0.424 e. The minimum atomic E-state index is -5.02. The Kier molecular flexibility index (Phi) is 7.79. The lowest BCUT2D eigenvalue weighted by Gasteiger charge is -2.31. The van der Waals surface area contributed by atoms with E-state index in [-0.39, 0.29) is 12.6 Å². The van der Waals surface area contributed by atoms with Crippen molar-refractivity contribution in [2.45, 2.75) is 45.0 Å². The van der Waals surface area contributed by atoms with Crippen LogP contribution >= 0.6 is 11.3 Å². The topological polar surface area (TPSA) is 65.5 Å². The van der Waals surface area contributed by atoms with Gasteiger partial charge in [0.1, 0.15) is 5.01 Å². The molecule has 1 amide bonds. The summed E-state index contributed by atoms with van der Waals surface area (Å²) < 4.78 is 40.8. The maximum atomic E-state index is 13.6. The van der Waals surface area contributed by atoms with Gasteiger partial charge in [-0.15, -0.1) is 11.3 Å². The Morgan fingerprint density at radius 1 is 1.24 bits per heavy atom. The van der Waals surface area contributed by atoms with E-state index in [1.807, 2.05) is 44.2 Å². The van der Waals surface area contributed by atoms with Crippen LogP contribution in [0.3, 0.4) is 0 Å². The zero-order chi connectivity index (χ0) is 21.7. The first-order valence-corrected chi connectivity index (χ1v) is 10.3. The summed E-state index contributed by atoms with van der Waals surface area (Å²) in [7, 11) is 0. The molecule has 0 saturated carbocycles. The minimum Gasteiger partial charge on any atom is -0.374 e. The molecule has 2 rings (SSSR count). The summed E-state index contributed by atoms with van der Waals surface area (Å²) in [5, 5.41) is 13.8. The molecule has 0 spiro atoms. The summed E-state index contributed by atoms with van der Waals surface area (Å²) in [6.45, 7) is 7.07. The number of aliphatic hydroxyl groups is 1. The highest BCUT2D eigenvalue weighted by molar-refractivity contribution is 7.09. The number of halogens is 3. The van der Waals surface area contributed by atoms with Gasteiger partial charge in [-0.25, -0.2) is 4.98 Å². The van der Waals surface area contributed by atoms with Gasteiger partial charge in [0.05, 0.1) is 12.5 Å². The Morgan fingerprint density at radius 3 is 2.34 bits per heavy atom. The summed E-state index contributed by atoms with van der Waals surface area (Å²) in [6.07, 6.45) is -6.16. The van der Waals surface area contributed by atoms with Crippen LogP contribution < -0.4 is 5.32 Å². The lowest BCUT2D eigenvalue weighted by Crippen LogP contribution is -2.47. The molecule has 0 aliphatic rings. The average Bonchev–Trinajstić information content (AvgIpc) is 3.11.